The summed E-state index contributed by atoms with van der Waals surface area (Å²) in [6.07, 6.45) is 0. The molecular formula is C9H12N2O2S2. The highest BCUT2D eigenvalue weighted by Gasteiger charge is 2.33. The zero-order valence-electron chi connectivity index (χ0n) is 9.03. The van der Waals surface area contributed by atoms with E-state index in [0.717, 1.165) is 15.4 Å². The van der Waals surface area contributed by atoms with Crippen molar-refractivity contribution < 1.29 is 8.42 Å². The predicted octanol–water partition coefficient (Wildman–Crippen LogP) is 1.92. The lowest BCUT2D eigenvalue weighted by molar-refractivity contribution is 0.605. The molecule has 2 heterocycles. The Morgan fingerprint density at radius 3 is 2.47 bits per heavy atom. The van der Waals surface area contributed by atoms with Crippen LogP contribution in [0.15, 0.2) is 10.00 Å². The Balaban J connectivity index is 2.85. The van der Waals surface area contributed by atoms with Crippen molar-refractivity contribution >= 4 is 31.2 Å². The molecule has 6 heteroatoms. The Labute approximate surface area is 93.1 Å². The number of hydrogen-bond acceptors (Lipinski definition) is 5. The molecule has 1 aromatic heterocycles. The van der Waals surface area contributed by atoms with Gasteiger partial charge in [0, 0.05) is 11.9 Å². The number of hydrazone groups is 1. The summed E-state index contributed by atoms with van der Waals surface area (Å²) in [5.74, 6) is 0. The minimum absolute atomic E-state index is 0.165. The van der Waals surface area contributed by atoms with Crippen molar-refractivity contribution in [3.63, 3.8) is 0 Å². The van der Waals surface area contributed by atoms with Crippen molar-refractivity contribution in [3.8, 4) is 0 Å². The van der Waals surface area contributed by atoms with Gasteiger partial charge in [-0.25, -0.2) is 8.42 Å². The lowest BCUT2D eigenvalue weighted by Gasteiger charge is -2.19. The van der Waals surface area contributed by atoms with E-state index in [2.05, 4.69) is 5.10 Å². The smallest absolute Gasteiger partial charge is 0.224 e. The van der Waals surface area contributed by atoms with Gasteiger partial charge in [0.15, 0.2) is 5.04 Å². The molecule has 0 N–H and O–H groups in total. The van der Waals surface area contributed by atoms with Gasteiger partial charge in [-0.3, -0.25) is 5.01 Å². The molecule has 0 saturated carbocycles. The molecule has 2 rings (SSSR count). The van der Waals surface area contributed by atoms with Gasteiger partial charge in [0.05, 0.1) is 0 Å². The Kier molecular flexibility index (Phi) is 2.16. The molecule has 1 aliphatic heterocycles. The van der Waals surface area contributed by atoms with Gasteiger partial charge >= 0.3 is 0 Å². The SMILES string of the molecule is CC1=NN(C)c2sc(C)c(C)c2S1(=O)=O. The zero-order valence-corrected chi connectivity index (χ0v) is 10.7. The molecule has 1 aliphatic rings. The first-order valence-corrected chi connectivity index (χ1v) is 6.79. The van der Waals surface area contributed by atoms with Crippen molar-refractivity contribution in [3.05, 3.63) is 10.4 Å². The van der Waals surface area contributed by atoms with Crippen molar-refractivity contribution in [2.75, 3.05) is 12.1 Å². The van der Waals surface area contributed by atoms with Crippen molar-refractivity contribution in [1.29, 1.82) is 0 Å². The number of hydrogen-bond donors (Lipinski definition) is 0. The first-order chi connectivity index (χ1) is 6.85. The van der Waals surface area contributed by atoms with Crippen LogP contribution in [0.4, 0.5) is 5.00 Å². The molecule has 0 aromatic carbocycles. The van der Waals surface area contributed by atoms with Gasteiger partial charge in [0.25, 0.3) is 0 Å². The van der Waals surface area contributed by atoms with Gasteiger partial charge in [-0.05, 0) is 26.3 Å². The van der Waals surface area contributed by atoms with Crippen LogP contribution in [-0.2, 0) is 9.84 Å². The van der Waals surface area contributed by atoms with Gasteiger partial charge < -0.3 is 0 Å². The minimum atomic E-state index is -3.34. The Morgan fingerprint density at radius 2 is 1.87 bits per heavy atom. The maximum Gasteiger partial charge on any atom is 0.224 e. The number of anilines is 1. The highest BCUT2D eigenvalue weighted by Crippen LogP contribution is 2.41. The van der Waals surface area contributed by atoms with Gasteiger partial charge in [-0.1, -0.05) is 0 Å². The van der Waals surface area contributed by atoms with Crippen molar-refractivity contribution in [1.82, 2.24) is 0 Å². The summed E-state index contributed by atoms with van der Waals surface area (Å²) in [6, 6.07) is 0. The fourth-order valence-corrected chi connectivity index (χ4v) is 4.50. The molecular weight excluding hydrogens is 232 g/mol. The van der Waals surface area contributed by atoms with E-state index in [1.54, 1.807) is 12.1 Å². The standard InChI is InChI=1S/C9H12N2O2S2/c1-5-6(2)14-9-8(5)15(12,13)7(3)10-11(9)4/h1-4H3. The lowest BCUT2D eigenvalue weighted by atomic mass is 10.3. The van der Waals surface area contributed by atoms with Crippen molar-refractivity contribution in [2.24, 2.45) is 5.10 Å². The van der Waals surface area contributed by atoms with E-state index in [9.17, 15) is 8.42 Å². The average Bonchev–Trinajstić information content (AvgIpc) is 2.42. The zero-order chi connectivity index (χ0) is 11.4. The van der Waals surface area contributed by atoms with E-state index in [4.69, 9.17) is 0 Å². The average molecular weight is 244 g/mol. The summed E-state index contributed by atoms with van der Waals surface area (Å²) in [7, 11) is -1.57. The van der Waals surface area contributed by atoms with E-state index in [-0.39, 0.29) is 5.04 Å². The molecule has 0 bridgehead atoms. The third kappa shape index (κ3) is 1.32. The molecule has 0 amide bonds. The quantitative estimate of drug-likeness (QED) is 0.700. The molecule has 0 spiro atoms. The van der Waals surface area contributed by atoms with E-state index in [1.807, 2.05) is 13.8 Å². The number of nitrogens with zero attached hydrogens (tertiary/aromatic N) is 2. The van der Waals surface area contributed by atoms with E-state index in [1.165, 1.54) is 18.3 Å². The summed E-state index contributed by atoms with van der Waals surface area (Å²) in [5, 5.41) is 6.52. The molecule has 82 valence electrons. The van der Waals surface area contributed by atoms with Crippen LogP contribution in [0, 0.1) is 13.8 Å². The molecule has 0 saturated heterocycles. The second kappa shape index (κ2) is 3.05. The number of fused-ring (bicyclic) bond motifs is 1. The lowest BCUT2D eigenvalue weighted by Crippen LogP contribution is -2.25. The van der Waals surface area contributed by atoms with Crippen LogP contribution in [0.25, 0.3) is 0 Å². The normalized spacial score (nSPS) is 18.7. The molecule has 4 nitrogen and oxygen atoms in total. The fourth-order valence-electron chi connectivity index (χ4n) is 1.58. The third-order valence-electron chi connectivity index (χ3n) is 2.56. The highest BCUT2D eigenvalue weighted by molar-refractivity contribution is 8.06. The summed E-state index contributed by atoms with van der Waals surface area (Å²) < 4.78 is 24.1. The van der Waals surface area contributed by atoms with Gasteiger partial charge in [0.2, 0.25) is 9.84 Å². The maximum atomic E-state index is 12.0. The van der Waals surface area contributed by atoms with Crippen molar-refractivity contribution in [2.45, 2.75) is 25.7 Å². The molecule has 0 aliphatic carbocycles. The molecule has 0 fully saturated rings. The summed E-state index contributed by atoms with van der Waals surface area (Å²) in [6.45, 7) is 5.30. The second-order valence-corrected chi connectivity index (χ2v) is 6.77. The number of rotatable bonds is 0. The van der Waals surface area contributed by atoms with E-state index in [0.29, 0.717) is 4.90 Å². The molecule has 0 radical (unpaired) electrons. The Morgan fingerprint density at radius 1 is 1.27 bits per heavy atom. The van der Waals surface area contributed by atoms with Crippen LogP contribution in [-0.4, -0.2) is 20.5 Å². The highest BCUT2D eigenvalue weighted by atomic mass is 32.2. The van der Waals surface area contributed by atoms with Crippen LogP contribution in [0.2, 0.25) is 0 Å². The third-order valence-corrected chi connectivity index (χ3v) is 5.85. The van der Waals surface area contributed by atoms with Gasteiger partial charge in [-0.15, -0.1) is 11.3 Å². The largest absolute Gasteiger partial charge is 0.256 e. The first kappa shape index (κ1) is 10.6. The topological polar surface area (TPSA) is 49.7 Å². The molecule has 15 heavy (non-hydrogen) atoms. The maximum absolute atomic E-state index is 12.0. The predicted molar refractivity (Wildman–Crippen MR) is 62.5 cm³/mol. The van der Waals surface area contributed by atoms with Gasteiger partial charge in [0.1, 0.15) is 9.90 Å². The minimum Gasteiger partial charge on any atom is -0.256 e. The summed E-state index contributed by atoms with van der Waals surface area (Å²) in [4.78, 5) is 1.46. The fraction of sp³-hybridized carbons (Fsp3) is 0.444. The monoisotopic (exact) mass is 244 g/mol. The number of aryl methyl sites for hydroxylation is 1. The number of thiophene rings is 1. The summed E-state index contributed by atoms with van der Waals surface area (Å²) >= 11 is 1.47. The Hall–Kier alpha value is -0.880. The Bertz CT molecular complexity index is 555. The van der Waals surface area contributed by atoms with Crippen LogP contribution in [0.5, 0.6) is 0 Å². The molecule has 0 unspecified atom stereocenters. The van der Waals surface area contributed by atoms with Crippen LogP contribution in [0.3, 0.4) is 0 Å². The second-order valence-electron chi connectivity index (χ2n) is 3.56. The van der Waals surface area contributed by atoms with E-state index < -0.39 is 9.84 Å². The first-order valence-electron chi connectivity index (χ1n) is 4.49. The number of sulfone groups is 1. The summed E-state index contributed by atoms with van der Waals surface area (Å²) in [5.41, 5.74) is 0.844. The van der Waals surface area contributed by atoms with Crippen LogP contribution in [0.1, 0.15) is 17.4 Å². The molecule has 1 aromatic rings. The van der Waals surface area contributed by atoms with E-state index >= 15 is 0 Å². The molecule has 0 atom stereocenters. The van der Waals surface area contributed by atoms with Crippen LogP contribution >= 0.6 is 11.3 Å². The van der Waals surface area contributed by atoms with Crippen LogP contribution < -0.4 is 5.01 Å². The van der Waals surface area contributed by atoms with Gasteiger partial charge in [-0.2, -0.15) is 5.10 Å².